The molecule has 0 fully saturated rings. The summed E-state index contributed by atoms with van der Waals surface area (Å²) in [5, 5.41) is 3.32. The Morgan fingerprint density at radius 3 is 2.83 bits per heavy atom. The molecule has 2 unspecified atom stereocenters. The van der Waals surface area contributed by atoms with Gasteiger partial charge in [-0.3, -0.25) is 4.79 Å². The van der Waals surface area contributed by atoms with Crippen molar-refractivity contribution in [1.29, 1.82) is 0 Å². The molecule has 0 saturated heterocycles. The molecule has 1 heterocycles. The molecular weight excluding hydrogens is 224 g/mol. The molecule has 2 rings (SSSR count). The lowest BCUT2D eigenvalue weighted by Crippen LogP contribution is -2.41. The zero-order valence-corrected chi connectivity index (χ0v) is 11.4. The fraction of sp³-hybridized carbons (Fsp3) is 0.533. The molecule has 0 aromatic heterocycles. The summed E-state index contributed by atoms with van der Waals surface area (Å²) in [4.78, 5) is 14.6. The number of fused-ring (bicyclic) bond motifs is 1. The average Bonchev–Trinajstić information content (AvgIpc) is 2.82. The van der Waals surface area contributed by atoms with Crippen molar-refractivity contribution in [3.05, 3.63) is 29.8 Å². The molecule has 0 aliphatic carbocycles. The first-order valence-electron chi connectivity index (χ1n) is 6.82. The van der Waals surface area contributed by atoms with Gasteiger partial charge in [-0.2, -0.15) is 0 Å². The number of hydrogen-bond donors (Lipinski definition) is 1. The fourth-order valence-corrected chi connectivity index (χ4v) is 2.61. The van der Waals surface area contributed by atoms with Crippen molar-refractivity contribution in [1.82, 2.24) is 4.90 Å². The van der Waals surface area contributed by atoms with E-state index in [0.717, 1.165) is 30.8 Å². The minimum absolute atomic E-state index is 0.0184. The molecule has 0 spiro atoms. The molecule has 0 saturated carbocycles. The van der Waals surface area contributed by atoms with E-state index >= 15 is 0 Å². The maximum Gasteiger partial charge on any atom is 0.232 e. The van der Waals surface area contributed by atoms with E-state index in [4.69, 9.17) is 0 Å². The second kappa shape index (κ2) is 5.42. The van der Waals surface area contributed by atoms with E-state index in [1.165, 1.54) is 0 Å². The molecule has 2 atom stereocenters. The molecule has 1 aromatic carbocycles. The normalized spacial score (nSPS) is 18.9. The van der Waals surface area contributed by atoms with E-state index in [-0.39, 0.29) is 11.8 Å². The molecule has 1 aliphatic heterocycles. The smallest absolute Gasteiger partial charge is 0.232 e. The quantitative estimate of drug-likeness (QED) is 0.886. The van der Waals surface area contributed by atoms with Gasteiger partial charge in [0.1, 0.15) is 0 Å². The summed E-state index contributed by atoms with van der Waals surface area (Å²) in [5.41, 5.74) is 2.25. The van der Waals surface area contributed by atoms with Crippen LogP contribution in [0.25, 0.3) is 0 Å². The van der Waals surface area contributed by atoms with E-state index < -0.39 is 0 Å². The Hall–Kier alpha value is -1.51. The zero-order chi connectivity index (χ0) is 13.1. The minimum atomic E-state index is -0.0184. The molecule has 1 N–H and O–H groups in total. The first kappa shape index (κ1) is 12.9. The van der Waals surface area contributed by atoms with Gasteiger partial charge < -0.3 is 10.2 Å². The number of amides is 1. The number of hydrogen-bond acceptors (Lipinski definition) is 2. The summed E-state index contributed by atoms with van der Waals surface area (Å²) in [6, 6.07) is 8.43. The molecule has 1 aromatic rings. The van der Waals surface area contributed by atoms with E-state index in [9.17, 15) is 4.79 Å². The third kappa shape index (κ3) is 2.22. The van der Waals surface area contributed by atoms with Crippen molar-refractivity contribution in [2.75, 3.05) is 18.4 Å². The van der Waals surface area contributed by atoms with Crippen molar-refractivity contribution in [2.24, 2.45) is 0 Å². The summed E-state index contributed by atoms with van der Waals surface area (Å²) < 4.78 is 0. The highest BCUT2D eigenvalue weighted by atomic mass is 16.2. The fourth-order valence-electron chi connectivity index (χ4n) is 2.61. The predicted octanol–water partition coefficient (Wildman–Crippen LogP) is 2.84. The first-order chi connectivity index (χ1) is 8.69. The SMILES string of the molecule is CCC(C)N(CC)C(=O)C1CNc2ccccc21. The highest BCUT2D eigenvalue weighted by molar-refractivity contribution is 5.88. The largest absolute Gasteiger partial charge is 0.384 e. The summed E-state index contributed by atoms with van der Waals surface area (Å²) in [5.74, 6) is 0.236. The molecule has 3 nitrogen and oxygen atoms in total. The van der Waals surface area contributed by atoms with Crippen LogP contribution in [0.5, 0.6) is 0 Å². The van der Waals surface area contributed by atoms with Gasteiger partial charge in [-0.05, 0) is 31.9 Å². The maximum atomic E-state index is 12.6. The van der Waals surface area contributed by atoms with Crippen molar-refractivity contribution in [3.63, 3.8) is 0 Å². The van der Waals surface area contributed by atoms with Gasteiger partial charge in [0.15, 0.2) is 0 Å². The van der Waals surface area contributed by atoms with E-state index in [2.05, 4.69) is 32.2 Å². The van der Waals surface area contributed by atoms with Crippen LogP contribution in [-0.4, -0.2) is 29.9 Å². The number of benzene rings is 1. The number of nitrogens with zero attached hydrogens (tertiary/aromatic N) is 1. The number of rotatable bonds is 4. The maximum absolute atomic E-state index is 12.6. The Bertz CT molecular complexity index is 430. The molecule has 98 valence electrons. The average molecular weight is 246 g/mol. The third-order valence-corrected chi connectivity index (χ3v) is 3.88. The van der Waals surface area contributed by atoms with Gasteiger partial charge in [0.25, 0.3) is 0 Å². The number of carbonyl (C=O) groups excluding carboxylic acids is 1. The van der Waals surface area contributed by atoms with Gasteiger partial charge >= 0.3 is 0 Å². The summed E-state index contributed by atoms with van der Waals surface area (Å²) in [6.45, 7) is 7.81. The third-order valence-electron chi connectivity index (χ3n) is 3.88. The minimum Gasteiger partial charge on any atom is -0.384 e. The number of para-hydroxylation sites is 1. The van der Waals surface area contributed by atoms with E-state index in [0.29, 0.717) is 6.04 Å². The molecule has 1 amide bonds. The number of nitrogens with one attached hydrogen (secondary N) is 1. The molecule has 0 radical (unpaired) electrons. The Labute approximate surface area is 109 Å². The van der Waals surface area contributed by atoms with Crippen LogP contribution in [0, 0.1) is 0 Å². The number of likely N-dealkylation sites (N-methyl/N-ethyl adjacent to an activating group) is 1. The Kier molecular flexibility index (Phi) is 3.90. The second-order valence-electron chi connectivity index (χ2n) is 4.90. The second-order valence-corrected chi connectivity index (χ2v) is 4.90. The van der Waals surface area contributed by atoms with E-state index in [1.54, 1.807) is 0 Å². The summed E-state index contributed by atoms with van der Waals surface area (Å²) >= 11 is 0. The van der Waals surface area contributed by atoms with Crippen LogP contribution < -0.4 is 5.32 Å². The number of anilines is 1. The van der Waals surface area contributed by atoms with Gasteiger partial charge in [0, 0.05) is 24.8 Å². The Morgan fingerprint density at radius 2 is 2.17 bits per heavy atom. The summed E-state index contributed by atoms with van der Waals surface area (Å²) in [7, 11) is 0. The lowest BCUT2D eigenvalue weighted by atomic mass is 9.99. The Morgan fingerprint density at radius 1 is 1.44 bits per heavy atom. The van der Waals surface area contributed by atoms with Crippen LogP contribution in [0.2, 0.25) is 0 Å². The highest BCUT2D eigenvalue weighted by Crippen LogP contribution is 2.32. The van der Waals surface area contributed by atoms with Crippen molar-refractivity contribution in [3.8, 4) is 0 Å². The zero-order valence-electron chi connectivity index (χ0n) is 11.4. The molecule has 3 heteroatoms. The van der Waals surface area contributed by atoms with Crippen LogP contribution in [-0.2, 0) is 4.79 Å². The molecular formula is C15H22N2O. The van der Waals surface area contributed by atoms with Crippen LogP contribution in [0.4, 0.5) is 5.69 Å². The topological polar surface area (TPSA) is 32.3 Å². The van der Waals surface area contributed by atoms with Crippen molar-refractivity contribution in [2.45, 2.75) is 39.2 Å². The van der Waals surface area contributed by atoms with Gasteiger partial charge in [-0.25, -0.2) is 0 Å². The molecule has 18 heavy (non-hydrogen) atoms. The van der Waals surface area contributed by atoms with Crippen LogP contribution >= 0.6 is 0 Å². The van der Waals surface area contributed by atoms with Crippen LogP contribution in [0.1, 0.15) is 38.7 Å². The van der Waals surface area contributed by atoms with Gasteiger partial charge in [-0.1, -0.05) is 25.1 Å². The Balaban J connectivity index is 2.20. The highest BCUT2D eigenvalue weighted by Gasteiger charge is 2.32. The predicted molar refractivity (Wildman–Crippen MR) is 74.8 cm³/mol. The summed E-state index contributed by atoms with van der Waals surface area (Å²) in [6.07, 6.45) is 1.00. The molecule has 0 bridgehead atoms. The van der Waals surface area contributed by atoms with Crippen LogP contribution in [0.3, 0.4) is 0 Å². The van der Waals surface area contributed by atoms with E-state index in [1.807, 2.05) is 23.1 Å². The van der Waals surface area contributed by atoms with Gasteiger partial charge in [-0.15, -0.1) is 0 Å². The van der Waals surface area contributed by atoms with Gasteiger partial charge in [0.05, 0.1) is 5.92 Å². The van der Waals surface area contributed by atoms with Gasteiger partial charge in [0.2, 0.25) is 5.91 Å². The first-order valence-corrected chi connectivity index (χ1v) is 6.82. The number of carbonyl (C=O) groups is 1. The van der Waals surface area contributed by atoms with Crippen molar-refractivity contribution < 1.29 is 4.79 Å². The monoisotopic (exact) mass is 246 g/mol. The van der Waals surface area contributed by atoms with Crippen molar-refractivity contribution >= 4 is 11.6 Å². The standard InChI is InChI=1S/C15H22N2O/c1-4-11(3)17(5-2)15(18)13-10-16-14-9-7-6-8-12(13)14/h6-9,11,13,16H,4-5,10H2,1-3H3. The molecule has 1 aliphatic rings. The lowest BCUT2D eigenvalue weighted by Gasteiger charge is -2.29. The lowest BCUT2D eigenvalue weighted by molar-refractivity contribution is -0.134. The van der Waals surface area contributed by atoms with Crippen LogP contribution in [0.15, 0.2) is 24.3 Å².